The molecule has 0 spiro atoms. The highest BCUT2D eigenvalue weighted by Gasteiger charge is 2.35. The molecule has 3 aromatic carbocycles. The van der Waals surface area contributed by atoms with Crippen molar-refractivity contribution in [2.45, 2.75) is 26.4 Å². The van der Waals surface area contributed by atoms with Crippen molar-refractivity contribution >= 4 is 11.6 Å². The molecular formula is C29H28N4O4. The maximum absolute atomic E-state index is 13.4. The van der Waals surface area contributed by atoms with E-state index in [0.717, 1.165) is 33.5 Å². The fourth-order valence-electron chi connectivity index (χ4n) is 4.46. The van der Waals surface area contributed by atoms with Gasteiger partial charge in [-0.2, -0.15) is 4.98 Å². The van der Waals surface area contributed by atoms with Gasteiger partial charge in [-0.15, -0.1) is 0 Å². The Morgan fingerprint density at radius 3 is 2.38 bits per heavy atom. The van der Waals surface area contributed by atoms with E-state index in [-0.39, 0.29) is 6.03 Å². The normalized spacial score (nSPS) is 15.5. The summed E-state index contributed by atoms with van der Waals surface area (Å²) in [4.78, 5) is 19.8. The summed E-state index contributed by atoms with van der Waals surface area (Å²) >= 11 is 0. The molecule has 0 bridgehead atoms. The molecule has 1 unspecified atom stereocenters. The number of carbonyl (C=O) groups excluding carboxylic acids is 1. The van der Waals surface area contributed by atoms with Crippen molar-refractivity contribution in [2.24, 2.45) is 0 Å². The number of rotatable bonds is 7. The first kappa shape index (κ1) is 24.1. The largest absolute Gasteiger partial charge is 0.493 e. The van der Waals surface area contributed by atoms with E-state index < -0.39 is 6.04 Å². The molecule has 1 aliphatic heterocycles. The number of aromatic nitrogens is 2. The summed E-state index contributed by atoms with van der Waals surface area (Å²) in [6, 6.07) is 22.7. The summed E-state index contributed by atoms with van der Waals surface area (Å²) in [5, 5.41) is 7.38. The minimum Gasteiger partial charge on any atom is -0.493 e. The molecule has 0 aliphatic carbocycles. The van der Waals surface area contributed by atoms with Crippen LogP contribution < -0.4 is 14.8 Å². The maximum Gasteiger partial charge on any atom is 0.322 e. The number of benzene rings is 3. The van der Waals surface area contributed by atoms with Gasteiger partial charge in [-0.1, -0.05) is 71.4 Å². The molecule has 8 heteroatoms. The van der Waals surface area contributed by atoms with Crippen LogP contribution in [0.1, 0.15) is 35.5 Å². The molecule has 1 atom stereocenters. The zero-order chi connectivity index (χ0) is 25.9. The monoisotopic (exact) mass is 496 g/mol. The van der Waals surface area contributed by atoms with Crippen molar-refractivity contribution in [3.05, 3.63) is 101 Å². The van der Waals surface area contributed by atoms with E-state index >= 15 is 0 Å². The minimum absolute atomic E-state index is 0.219. The molecule has 5 rings (SSSR count). The quantitative estimate of drug-likeness (QED) is 0.350. The van der Waals surface area contributed by atoms with Crippen LogP contribution in [0.25, 0.3) is 17.0 Å². The third-order valence-corrected chi connectivity index (χ3v) is 6.48. The first-order chi connectivity index (χ1) is 18.0. The Labute approximate surface area is 215 Å². The highest BCUT2D eigenvalue weighted by Crippen LogP contribution is 2.38. The molecule has 8 nitrogen and oxygen atoms in total. The Balaban J connectivity index is 1.57. The molecule has 4 aromatic rings. The summed E-state index contributed by atoms with van der Waals surface area (Å²) < 4.78 is 16.6. The fraction of sp³-hybridized carbons (Fsp3) is 0.207. The van der Waals surface area contributed by atoms with Crippen molar-refractivity contribution in [1.82, 2.24) is 20.4 Å². The predicted octanol–water partition coefficient (Wildman–Crippen LogP) is 5.76. The number of urea groups is 1. The molecule has 2 amide bonds. The molecule has 0 saturated carbocycles. The van der Waals surface area contributed by atoms with Crippen LogP contribution in [0.15, 0.2) is 83.0 Å². The topological polar surface area (TPSA) is 89.7 Å². The zero-order valence-electron chi connectivity index (χ0n) is 21.2. The second-order valence-corrected chi connectivity index (χ2v) is 8.86. The summed E-state index contributed by atoms with van der Waals surface area (Å²) in [5.74, 6) is 2.08. The molecule has 0 fully saturated rings. The van der Waals surface area contributed by atoms with Gasteiger partial charge in [0.15, 0.2) is 11.5 Å². The molecule has 188 valence electrons. The van der Waals surface area contributed by atoms with Crippen LogP contribution in [0.3, 0.4) is 0 Å². The Kier molecular flexibility index (Phi) is 6.64. The number of allylic oxidation sites excluding steroid dienone is 1. The van der Waals surface area contributed by atoms with Gasteiger partial charge in [-0.3, -0.25) is 4.90 Å². The lowest BCUT2D eigenvalue weighted by atomic mass is 9.94. The summed E-state index contributed by atoms with van der Waals surface area (Å²) in [7, 11) is 3.18. The minimum atomic E-state index is -0.443. The Morgan fingerprint density at radius 2 is 1.68 bits per heavy atom. The van der Waals surface area contributed by atoms with Gasteiger partial charge in [0.25, 0.3) is 5.89 Å². The second-order valence-electron chi connectivity index (χ2n) is 8.86. The lowest BCUT2D eigenvalue weighted by Gasteiger charge is -2.35. The fourth-order valence-corrected chi connectivity index (χ4v) is 4.46. The van der Waals surface area contributed by atoms with Crippen molar-refractivity contribution in [2.75, 3.05) is 14.2 Å². The Hall–Kier alpha value is -4.59. The highest BCUT2D eigenvalue weighted by atomic mass is 16.5. The van der Waals surface area contributed by atoms with Crippen LogP contribution in [0.2, 0.25) is 0 Å². The van der Waals surface area contributed by atoms with Crippen molar-refractivity contribution < 1.29 is 18.8 Å². The van der Waals surface area contributed by atoms with Crippen LogP contribution in [0.4, 0.5) is 4.79 Å². The van der Waals surface area contributed by atoms with Crippen molar-refractivity contribution in [1.29, 1.82) is 0 Å². The maximum atomic E-state index is 13.4. The van der Waals surface area contributed by atoms with Gasteiger partial charge in [0, 0.05) is 11.3 Å². The number of aryl methyl sites for hydroxylation is 1. The van der Waals surface area contributed by atoms with Gasteiger partial charge in [0.1, 0.15) is 0 Å². The molecule has 1 N–H and O–H groups in total. The highest BCUT2D eigenvalue weighted by molar-refractivity contribution is 5.87. The van der Waals surface area contributed by atoms with E-state index in [2.05, 4.69) is 10.5 Å². The molecular weight excluding hydrogens is 468 g/mol. The standard InChI is InChI=1S/C29H28N4O4/c1-18-10-13-22(14-11-18)27-31-28(37-32-27)25-19(2)33(17-20-12-15-23(35-3)24(16-20)36-4)29(34)30-26(25)21-8-6-5-7-9-21/h5-16,26H,17H2,1-4H3,(H,30,34). The van der Waals surface area contributed by atoms with E-state index in [0.29, 0.717) is 29.8 Å². The van der Waals surface area contributed by atoms with Crippen LogP contribution >= 0.6 is 0 Å². The lowest BCUT2D eigenvalue weighted by Crippen LogP contribution is -2.45. The van der Waals surface area contributed by atoms with Crippen LogP contribution in [-0.2, 0) is 6.54 Å². The number of amides is 2. The first-order valence-electron chi connectivity index (χ1n) is 11.9. The van der Waals surface area contributed by atoms with Crippen LogP contribution in [0, 0.1) is 6.92 Å². The van der Waals surface area contributed by atoms with Crippen LogP contribution in [0.5, 0.6) is 11.5 Å². The van der Waals surface area contributed by atoms with E-state index in [1.165, 1.54) is 0 Å². The summed E-state index contributed by atoms with van der Waals surface area (Å²) in [6.07, 6.45) is 0. The van der Waals surface area contributed by atoms with E-state index in [1.807, 2.05) is 86.6 Å². The Bertz CT molecular complexity index is 1440. The van der Waals surface area contributed by atoms with Gasteiger partial charge in [-0.25, -0.2) is 4.79 Å². The zero-order valence-corrected chi connectivity index (χ0v) is 21.2. The third-order valence-electron chi connectivity index (χ3n) is 6.48. The van der Waals surface area contributed by atoms with Crippen LogP contribution in [-0.4, -0.2) is 35.3 Å². The SMILES string of the molecule is COc1ccc(CN2C(=O)NC(c3ccccc3)C(c3nc(-c4ccc(C)cc4)no3)=C2C)cc1OC. The smallest absolute Gasteiger partial charge is 0.322 e. The van der Waals surface area contributed by atoms with Gasteiger partial charge in [0.05, 0.1) is 32.4 Å². The van der Waals surface area contributed by atoms with E-state index in [9.17, 15) is 4.79 Å². The van der Waals surface area contributed by atoms with E-state index in [4.69, 9.17) is 19.0 Å². The average molecular weight is 497 g/mol. The molecule has 37 heavy (non-hydrogen) atoms. The average Bonchev–Trinajstić information content (AvgIpc) is 3.41. The number of methoxy groups -OCH3 is 2. The third kappa shape index (κ3) is 4.78. The molecule has 1 aromatic heterocycles. The number of carbonyl (C=O) groups is 1. The summed E-state index contributed by atoms with van der Waals surface area (Å²) in [6.45, 7) is 4.25. The molecule has 0 radical (unpaired) electrons. The number of hydrogen-bond acceptors (Lipinski definition) is 6. The number of ether oxygens (including phenoxy) is 2. The first-order valence-corrected chi connectivity index (χ1v) is 11.9. The number of nitrogens with one attached hydrogen (secondary N) is 1. The van der Waals surface area contributed by atoms with Crippen molar-refractivity contribution in [3.8, 4) is 22.9 Å². The predicted molar refractivity (Wildman–Crippen MR) is 140 cm³/mol. The van der Waals surface area contributed by atoms with E-state index in [1.54, 1.807) is 19.1 Å². The summed E-state index contributed by atoms with van der Waals surface area (Å²) in [5.41, 5.74) is 5.29. The van der Waals surface area contributed by atoms with Crippen molar-refractivity contribution in [3.63, 3.8) is 0 Å². The lowest BCUT2D eigenvalue weighted by molar-refractivity contribution is 0.203. The number of nitrogens with zero attached hydrogens (tertiary/aromatic N) is 3. The van der Waals surface area contributed by atoms with Gasteiger partial charge in [-0.05, 0) is 37.1 Å². The van der Waals surface area contributed by atoms with Gasteiger partial charge < -0.3 is 19.3 Å². The molecule has 2 heterocycles. The second kappa shape index (κ2) is 10.2. The number of hydrogen-bond donors (Lipinski definition) is 1. The Morgan fingerprint density at radius 1 is 0.946 bits per heavy atom. The van der Waals surface area contributed by atoms with Gasteiger partial charge >= 0.3 is 6.03 Å². The van der Waals surface area contributed by atoms with Gasteiger partial charge in [0.2, 0.25) is 5.82 Å². The molecule has 1 aliphatic rings. The molecule has 0 saturated heterocycles.